The minimum atomic E-state index is -0.263. The number of ether oxygens (including phenoxy) is 2. The highest BCUT2D eigenvalue weighted by atomic mass is 16.5. The molecule has 7 heteroatoms. The molecule has 4 aromatic rings. The molecule has 1 aromatic heterocycles. The van der Waals surface area contributed by atoms with Gasteiger partial charge >= 0.3 is 0 Å². The fourth-order valence-corrected chi connectivity index (χ4v) is 4.23. The van der Waals surface area contributed by atoms with E-state index in [-0.39, 0.29) is 18.0 Å². The molecule has 0 bridgehead atoms. The van der Waals surface area contributed by atoms with Gasteiger partial charge in [-0.3, -0.25) is 9.59 Å². The van der Waals surface area contributed by atoms with Gasteiger partial charge in [0.25, 0.3) is 5.56 Å². The number of hydrogen-bond donors (Lipinski definition) is 1. The van der Waals surface area contributed by atoms with Crippen molar-refractivity contribution >= 4 is 11.6 Å². The zero-order chi connectivity index (χ0) is 23.7. The van der Waals surface area contributed by atoms with Crippen molar-refractivity contribution in [2.75, 3.05) is 12.4 Å². The van der Waals surface area contributed by atoms with Crippen LogP contribution in [0.15, 0.2) is 77.6 Å². The molecule has 0 aliphatic carbocycles. The van der Waals surface area contributed by atoms with Crippen LogP contribution in [-0.2, 0) is 24.2 Å². The maximum atomic E-state index is 13.5. The standard InChI is InChI=1S/C27H25N3O4/c1-3-18-12-14-20(15-13-18)28-24(31)17-29-27-22(26(32)30(29)21-9-5-4-6-10-21)16-19-8-7-11-23(33-2)25(19)34-27/h4-15H,3,16-17H2,1-2H3,(H,28,31). The van der Waals surface area contributed by atoms with Gasteiger partial charge in [-0.2, -0.15) is 0 Å². The van der Waals surface area contributed by atoms with Gasteiger partial charge in [-0.1, -0.05) is 49.4 Å². The van der Waals surface area contributed by atoms with Gasteiger partial charge in [0, 0.05) is 17.7 Å². The van der Waals surface area contributed by atoms with Crippen LogP contribution in [0.2, 0.25) is 0 Å². The predicted octanol–water partition coefficient (Wildman–Crippen LogP) is 4.55. The van der Waals surface area contributed by atoms with Crippen LogP contribution >= 0.6 is 0 Å². The summed E-state index contributed by atoms with van der Waals surface area (Å²) < 4.78 is 14.8. The minimum absolute atomic E-state index is 0.0977. The third-order valence-corrected chi connectivity index (χ3v) is 5.97. The second-order valence-corrected chi connectivity index (χ2v) is 8.12. The molecule has 0 saturated carbocycles. The molecule has 34 heavy (non-hydrogen) atoms. The lowest BCUT2D eigenvalue weighted by Crippen LogP contribution is -2.27. The monoisotopic (exact) mass is 455 g/mol. The van der Waals surface area contributed by atoms with Crippen LogP contribution in [0, 0.1) is 0 Å². The molecule has 0 radical (unpaired) electrons. The number of para-hydroxylation sites is 2. The van der Waals surface area contributed by atoms with Gasteiger partial charge in [-0.05, 0) is 42.3 Å². The van der Waals surface area contributed by atoms with Crippen molar-refractivity contribution in [3.63, 3.8) is 0 Å². The lowest BCUT2D eigenvalue weighted by atomic mass is 10.0. The number of hydrogen-bond acceptors (Lipinski definition) is 4. The van der Waals surface area contributed by atoms with Crippen molar-refractivity contribution < 1.29 is 14.3 Å². The van der Waals surface area contributed by atoms with Gasteiger partial charge in [-0.15, -0.1) is 0 Å². The number of nitrogens with zero attached hydrogens (tertiary/aromatic N) is 2. The van der Waals surface area contributed by atoms with Crippen LogP contribution in [0.25, 0.3) is 5.69 Å². The Bertz CT molecular complexity index is 1400. The number of carbonyl (C=O) groups is 1. The molecule has 0 saturated heterocycles. The normalized spacial score (nSPS) is 11.8. The van der Waals surface area contributed by atoms with Crippen molar-refractivity contribution in [3.05, 3.63) is 99.8 Å². The summed E-state index contributed by atoms with van der Waals surface area (Å²) in [5.74, 6) is 1.23. The van der Waals surface area contributed by atoms with E-state index in [1.165, 1.54) is 10.2 Å². The first kappa shape index (κ1) is 21.6. The second kappa shape index (κ2) is 8.94. The Balaban J connectivity index is 1.55. The number of aromatic nitrogens is 2. The molecule has 1 aliphatic heterocycles. The first-order chi connectivity index (χ1) is 16.6. The zero-order valence-electron chi connectivity index (χ0n) is 19.1. The summed E-state index contributed by atoms with van der Waals surface area (Å²) in [5, 5.41) is 2.92. The molecule has 1 amide bonds. The number of amides is 1. The maximum Gasteiger partial charge on any atom is 0.278 e. The van der Waals surface area contributed by atoms with E-state index in [0.717, 1.165) is 12.0 Å². The quantitative estimate of drug-likeness (QED) is 0.408. The minimum Gasteiger partial charge on any atom is -0.493 e. The number of rotatable bonds is 6. The van der Waals surface area contributed by atoms with Crippen molar-refractivity contribution in [1.82, 2.24) is 9.36 Å². The van der Waals surface area contributed by atoms with Crippen LogP contribution in [0.1, 0.15) is 23.6 Å². The molecule has 0 unspecified atom stereocenters. The largest absolute Gasteiger partial charge is 0.493 e. The first-order valence-electron chi connectivity index (χ1n) is 11.2. The molecule has 7 nitrogen and oxygen atoms in total. The Morgan fingerprint density at radius 2 is 1.79 bits per heavy atom. The summed E-state index contributed by atoms with van der Waals surface area (Å²) in [6.07, 6.45) is 1.32. The number of anilines is 1. The van der Waals surface area contributed by atoms with Gasteiger partial charge in [-0.25, -0.2) is 9.36 Å². The van der Waals surface area contributed by atoms with Gasteiger partial charge in [0.1, 0.15) is 6.54 Å². The van der Waals surface area contributed by atoms with Gasteiger partial charge in [0.15, 0.2) is 11.5 Å². The molecule has 172 valence electrons. The average Bonchev–Trinajstić information content (AvgIpc) is 3.13. The van der Waals surface area contributed by atoms with E-state index in [1.807, 2.05) is 72.8 Å². The Morgan fingerprint density at radius 3 is 2.50 bits per heavy atom. The van der Waals surface area contributed by atoms with Crippen LogP contribution in [0.4, 0.5) is 5.69 Å². The molecule has 1 aliphatic rings. The summed E-state index contributed by atoms with van der Waals surface area (Å²) in [6.45, 7) is 1.98. The van der Waals surface area contributed by atoms with E-state index < -0.39 is 0 Å². The van der Waals surface area contributed by atoms with E-state index in [2.05, 4.69) is 12.2 Å². The number of benzene rings is 3. The highest BCUT2D eigenvalue weighted by Crippen LogP contribution is 2.41. The van der Waals surface area contributed by atoms with Crippen LogP contribution < -0.4 is 20.3 Å². The first-order valence-corrected chi connectivity index (χ1v) is 11.2. The predicted molar refractivity (Wildman–Crippen MR) is 130 cm³/mol. The van der Waals surface area contributed by atoms with Crippen LogP contribution in [-0.4, -0.2) is 22.4 Å². The summed E-state index contributed by atoms with van der Waals surface area (Å²) in [7, 11) is 1.58. The van der Waals surface area contributed by atoms with Crippen LogP contribution in [0.3, 0.4) is 0 Å². The van der Waals surface area contributed by atoms with E-state index in [4.69, 9.17) is 9.47 Å². The smallest absolute Gasteiger partial charge is 0.278 e. The van der Waals surface area contributed by atoms with Crippen molar-refractivity contribution in [2.24, 2.45) is 0 Å². The summed E-state index contributed by atoms with van der Waals surface area (Å²) in [6, 6.07) is 22.6. The van der Waals surface area contributed by atoms with Gasteiger partial charge in [0.05, 0.1) is 18.4 Å². The van der Waals surface area contributed by atoms with E-state index in [0.29, 0.717) is 40.7 Å². The third-order valence-electron chi connectivity index (χ3n) is 5.97. The van der Waals surface area contributed by atoms with Gasteiger partial charge in [0.2, 0.25) is 11.8 Å². The Labute approximate surface area is 197 Å². The van der Waals surface area contributed by atoms with Crippen molar-refractivity contribution in [3.8, 4) is 23.1 Å². The lowest BCUT2D eigenvalue weighted by Gasteiger charge is -2.21. The number of methoxy groups -OCH3 is 1. The molecular weight excluding hydrogens is 430 g/mol. The molecule has 0 spiro atoms. The molecule has 0 fully saturated rings. The third kappa shape index (κ3) is 3.85. The van der Waals surface area contributed by atoms with Crippen molar-refractivity contribution in [1.29, 1.82) is 0 Å². The summed E-state index contributed by atoms with van der Waals surface area (Å²) in [5.41, 5.74) is 3.70. The Morgan fingerprint density at radius 1 is 1.03 bits per heavy atom. The Hall–Kier alpha value is -4.26. The highest BCUT2D eigenvalue weighted by molar-refractivity contribution is 5.90. The molecule has 3 aromatic carbocycles. The maximum absolute atomic E-state index is 13.5. The van der Waals surface area contributed by atoms with E-state index in [9.17, 15) is 9.59 Å². The number of nitrogens with one attached hydrogen (secondary N) is 1. The highest BCUT2D eigenvalue weighted by Gasteiger charge is 2.30. The fraction of sp³-hybridized carbons (Fsp3) is 0.185. The molecule has 5 rings (SSSR count). The van der Waals surface area contributed by atoms with E-state index >= 15 is 0 Å². The fourth-order valence-electron chi connectivity index (χ4n) is 4.23. The average molecular weight is 456 g/mol. The molecule has 2 heterocycles. The lowest BCUT2D eigenvalue weighted by molar-refractivity contribution is -0.117. The Kier molecular flexibility index (Phi) is 5.67. The second-order valence-electron chi connectivity index (χ2n) is 8.12. The summed E-state index contributed by atoms with van der Waals surface area (Å²) >= 11 is 0. The van der Waals surface area contributed by atoms with Crippen molar-refractivity contribution in [2.45, 2.75) is 26.3 Å². The SMILES string of the molecule is CCc1ccc(NC(=O)Cn2c3c(c(=O)n2-c2ccccc2)Cc2cccc(OC)c2O3)cc1. The molecular formula is C27H25N3O4. The number of aryl methyl sites for hydroxylation is 1. The van der Waals surface area contributed by atoms with Crippen LogP contribution in [0.5, 0.6) is 17.4 Å². The number of fused-ring (bicyclic) bond motifs is 2. The summed E-state index contributed by atoms with van der Waals surface area (Å²) in [4.78, 5) is 26.6. The topological polar surface area (TPSA) is 74.5 Å². The zero-order valence-corrected chi connectivity index (χ0v) is 19.1. The number of carbonyl (C=O) groups excluding carboxylic acids is 1. The van der Waals surface area contributed by atoms with E-state index in [1.54, 1.807) is 11.8 Å². The molecule has 1 N–H and O–H groups in total. The van der Waals surface area contributed by atoms with Gasteiger partial charge < -0.3 is 14.8 Å². The molecule has 0 atom stereocenters.